The Morgan fingerprint density at radius 1 is 0.931 bits per heavy atom. The molecule has 4 rings (SSSR count). The number of ketones is 1. The fourth-order valence-corrected chi connectivity index (χ4v) is 5.14. The molecule has 0 unspecified atom stereocenters. The van der Waals surface area contributed by atoms with E-state index in [-0.39, 0.29) is 12.4 Å². The van der Waals surface area contributed by atoms with Gasteiger partial charge in [0.1, 0.15) is 0 Å². The SMILES string of the molecule is CCC(=O)c1ccc2c(c1)N(CCN1CCN(CCO)CC1)c1ccccc1S2. The Balaban J connectivity index is 1.53. The van der Waals surface area contributed by atoms with Crippen LogP contribution in [0.2, 0.25) is 0 Å². The van der Waals surface area contributed by atoms with Crippen molar-refractivity contribution < 1.29 is 9.90 Å². The van der Waals surface area contributed by atoms with Crippen molar-refractivity contribution in [3.8, 4) is 0 Å². The highest BCUT2D eigenvalue weighted by atomic mass is 32.2. The predicted octanol–water partition coefficient (Wildman–Crippen LogP) is 3.49. The fourth-order valence-electron chi connectivity index (χ4n) is 4.07. The lowest BCUT2D eigenvalue weighted by atomic mass is 10.1. The van der Waals surface area contributed by atoms with E-state index >= 15 is 0 Å². The third-order valence-electron chi connectivity index (χ3n) is 5.79. The maximum absolute atomic E-state index is 12.3. The van der Waals surface area contributed by atoms with Crippen LogP contribution in [0.1, 0.15) is 23.7 Å². The van der Waals surface area contributed by atoms with E-state index in [1.807, 2.05) is 13.0 Å². The fraction of sp³-hybridized carbons (Fsp3) is 0.435. The zero-order valence-electron chi connectivity index (χ0n) is 17.0. The van der Waals surface area contributed by atoms with E-state index < -0.39 is 0 Å². The zero-order chi connectivity index (χ0) is 20.2. The van der Waals surface area contributed by atoms with Crippen LogP contribution in [0.4, 0.5) is 11.4 Å². The second-order valence-electron chi connectivity index (χ2n) is 7.59. The number of aliphatic hydroxyl groups is 1. The van der Waals surface area contributed by atoms with Crippen LogP contribution in [-0.4, -0.2) is 73.1 Å². The third kappa shape index (κ3) is 4.51. The van der Waals surface area contributed by atoms with Crippen molar-refractivity contribution in [3.05, 3.63) is 48.0 Å². The summed E-state index contributed by atoms with van der Waals surface area (Å²) in [6, 6.07) is 14.7. The molecular formula is C23H29N3O2S. The number of para-hydroxylation sites is 1. The Morgan fingerprint density at radius 3 is 2.34 bits per heavy atom. The average molecular weight is 412 g/mol. The molecule has 5 nitrogen and oxygen atoms in total. The second-order valence-corrected chi connectivity index (χ2v) is 8.67. The van der Waals surface area contributed by atoms with Crippen LogP contribution < -0.4 is 4.90 Å². The summed E-state index contributed by atoms with van der Waals surface area (Å²) < 4.78 is 0. The minimum Gasteiger partial charge on any atom is -0.395 e. The molecule has 2 aromatic carbocycles. The van der Waals surface area contributed by atoms with Gasteiger partial charge in [-0.15, -0.1) is 0 Å². The minimum atomic E-state index is 0.191. The van der Waals surface area contributed by atoms with Crippen molar-refractivity contribution in [3.63, 3.8) is 0 Å². The molecule has 0 bridgehead atoms. The van der Waals surface area contributed by atoms with E-state index in [1.54, 1.807) is 11.8 Å². The number of aliphatic hydroxyl groups excluding tert-OH is 1. The summed E-state index contributed by atoms with van der Waals surface area (Å²) in [5.41, 5.74) is 3.17. The van der Waals surface area contributed by atoms with Crippen molar-refractivity contribution in [2.75, 3.05) is 57.3 Å². The van der Waals surface area contributed by atoms with Gasteiger partial charge in [0, 0.05) is 67.6 Å². The van der Waals surface area contributed by atoms with Crippen molar-refractivity contribution in [1.29, 1.82) is 0 Å². The molecule has 29 heavy (non-hydrogen) atoms. The Labute approximate surface area is 177 Å². The van der Waals surface area contributed by atoms with Gasteiger partial charge in [0.15, 0.2) is 5.78 Å². The summed E-state index contributed by atoms with van der Waals surface area (Å²) in [6.45, 7) is 8.89. The van der Waals surface area contributed by atoms with Gasteiger partial charge in [-0.3, -0.25) is 14.6 Å². The van der Waals surface area contributed by atoms with Gasteiger partial charge in [-0.05, 0) is 24.3 Å². The molecule has 2 aliphatic rings. The topological polar surface area (TPSA) is 47.0 Å². The van der Waals surface area contributed by atoms with Crippen LogP contribution in [0.3, 0.4) is 0 Å². The highest BCUT2D eigenvalue weighted by Gasteiger charge is 2.25. The molecule has 2 aliphatic heterocycles. The van der Waals surface area contributed by atoms with Crippen molar-refractivity contribution in [2.45, 2.75) is 23.1 Å². The summed E-state index contributed by atoms with van der Waals surface area (Å²) >= 11 is 1.78. The maximum atomic E-state index is 12.3. The van der Waals surface area contributed by atoms with Gasteiger partial charge in [-0.1, -0.05) is 36.9 Å². The standard InChI is InChI=1S/C23H29N3O2S/c1-2-21(28)18-7-8-23-20(17-18)26(19-5-3-4-6-22(19)29-23)14-13-24-9-11-25(12-10-24)15-16-27/h3-8,17,27H,2,9-16H2,1H3. The number of fused-ring (bicyclic) bond motifs is 2. The van der Waals surface area contributed by atoms with Crippen molar-refractivity contribution in [1.82, 2.24) is 9.80 Å². The number of hydrogen-bond acceptors (Lipinski definition) is 6. The van der Waals surface area contributed by atoms with E-state index in [0.29, 0.717) is 6.42 Å². The number of hydrogen-bond donors (Lipinski definition) is 1. The van der Waals surface area contributed by atoms with E-state index in [9.17, 15) is 4.79 Å². The quantitative estimate of drug-likeness (QED) is 0.704. The number of nitrogens with zero attached hydrogens (tertiary/aromatic N) is 3. The first-order chi connectivity index (χ1) is 14.2. The van der Waals surface area contributed by atoms with E-state index in [2.05, 4.69) is 51.1 Å². The van der Waals surface area contributed by atoms with Gasteiger partial charge < -0.3 is 10.0 Å². The number of anilines is 2. The highest BCUT2D eigenvalue weighted by Crippen LogP contribution is 2.48. The van der Waals surface area contributed by atoms with Gasteiger partial charge in [-0.25, -0.2) is 0 Å². The predicted molar refractivity (Wildman–Crippen MR) is 119 cm³/mol. The van der Waals surface area contributed by atoms with Crippen molar-refractivity contribution >= 4 is 28.9 Å². The largest absolute Gasteiger partial charge is 0.395 e. The molecule has 0 amide bonds. The first kappa shape index (κ1) is 20.4. The molecule has 2 heterocycles. The Bertz CT molecular complexity index is 865. The molecule has 0 radical (unpaired) electrons. The number of β-amino-alcohol motifs (C(OH)–C–C–N with tert-alkyl or cyclic N) is 1. The normalized spacial score (nSPS) is 17.1. The molecule has 1 N–H and O–H groups in total. The van der Waals surface area contributed by atoms with Crippen LogP contribution in [-0.2, 0) is 0 Å². The average Bonchev–Trinajstić information content (AvgIpc) is 2.77. The Hall–Kier alpha value is -1.86. The molecule has 1 fully saturated rings. The zero-order valence-corrected chi connectivity index (χ0v) is 17.8. The van der Waals surface area contributed by atoms with Gasteiger partial charge >= 0.3 is 0 Å². The number of Topliss-reactive ketones (excluding diaryl/α,β-unsaturated/α-hetero) is 1. The van der Waals surface area contributed by atoms with Crippen molar-refractivity contribution in [2.24, 2.45) is 0 Å². The summed E-state index contributed by atoms with van der Waals surface area (Å²) in [6.07, 6.45) is 0.528. The van der Waals surface area contributed by atoms with Crippen LogP contribution in [0, 0.1) is 0 Å². The number of carbonyl (C=O) groups excluding carboxylic acids is 1. The smallest absolute Gasteiger partial charge is 0.162 e. The molecule has 0 atom stereocenters. The van der Waals surface area contributed by atoms with Crippen LogP contribution in [0.15, 0.2) is 52.3 Å². The lowest BCUT2D eigenvalue weighted by Gasteiger charge is -2.37. The van der Waals surface area contributed by atoms with E-state index in [1.165, 1.54) is 15.5 Å². The summed E-state index contributed by atoms with van der Waals surface area (Å²) in [7, 11) is 0. The van der Waals surface area contributed by atoms with Crippen LogP contribution in [0.5, 0.6) is 0 Å². The lowest BCUT2D eigenvalue weighted by Crippen LogP contribution is -2.48. The summed E-state index contributed by atoms with van der Waals surface area (Å²) in [5, 5.41) is 9.14. The number of rotatable bonds is 7. The van der Waals surface area contributed by atoms with Crippen LogP contribution >= 0.6 is 11.8 Å². The van der Waals surface area contributed by atoms with Gasteiger partial charge in [0.2, 0.25) is 0 Å². The monoisotopic (exact) mass is 411 g/mol. The molecule has 0 saturated carbocycles. The molecule has 6 heteroatoms. The molecule has 0 aliphatic carbocycles. The first-order valence-corrected chi connectivity index (χ1v) is 11.3. The van der Waals surface area contributed by atoms with Gasteiger partial charge in [0.05, 0.1) is 18.0 Å². The van der Waals surface area contributed by atoms with Gasteiger partial charge in [0.25, 0.3) is 0 Å². The third-order valence-corrected chi connectivity index (χ3v) is 6.92. The Kier molecular flexibility index (Phi) is 6.55. The molecule has 1 saturated heterocycles. The van der Waals surface area contributed by atoms with Gasteiger partial charge in [-0.2, -0.15) is 0 Å². The molecule has 2 aromatic rings. The first-order valence-electron chi connectivity index (χ1n) is 10.5. The molecule has 154 valence electrons. The van der Waals surface area contributed by atoms with E-state index in [0.717, 1.165) is 57.1 Å². The highest BCUT2D eigenvalue weighted by molar-refractivity contribution is 7.99. The lowest BCUT2D eigenvalue weighted by molar-refractivity contribution is 0.0988. The summed E-state index contributed by atoms with van der Waals surface area (Å²) in [4.78, 5) is 22.0. The van der Waals surface area contributed by atoms with E-state index in [4.69, 9.17) is 5.11 Å². The number of benzene rings is 2. The minimum absolute atomic E-state index is 0.191. The molecule has 0 spiro atoms. The number of carbonyl (C=O) groups is 1. The van der Waals surface area contributed by atoms with Crippen LogP contribution in [0.25, 0.3) is 0 Å². The second kappa shape index (κ2) is 9.30. The molecule has 0 aromatic heterocycles. The Morgan fingerprint density at radius 2 is 1.62 bits per heavy atom. The maximum Gasteiger partial charge on any atom is 0.162 e. The molecular weight excluding hydrogens is 382 g/mol. The number of piperazine rings is 1. The summed E-state index contributed by atoms with van der Waals surface area (Å²) in [5.74, 6) is 0.191.